The number of aromatic nitrogens is 3. The van der Waals surface area contributed by atoms with Gasteiger partial charge in [-0.1, -0.05) is 6.07 Å². The molecule has 1 saturated heterocycles. The standard InChI is InChI=1S/C20H19N7O2S/c1-30-14-4-2-3-13(8-14)22-16-9-17(23-12-5-6-12)27-18(25-16)11(10-21-27)7-15-19(28)26-20(29)24-15/h2-4,7-10,12,23H,5-6H2,1H3,(H,22,25)(H2,24,26,28,29)/b15-7-. The molecule has 3 aromatic rings. The molecule has 152 valence electrons. The minimum absolute atomic E-state index is 0.166. The second-order valence-electron chi connectivity index (χ2n) is 7.10. The van der Waals surface area contributed by atoms with Crippen LogP contribution in [0.15, 0.2) is 47.1 Å². The lowest BCUT2D eigenvalue weighted by Gasteiger charge is -2.12. The lowest BCUT2D eigenvalue weighted by Crippen LogP contribution is -2.22. The molecule has 0 unspecified atom stereocenters. The smallest absolute Gasteiger partial charge is 0.326 e. The zero-order valence-electron chi connectivity index (χ0n) is 16.1. The van der Waals surface area contributed by atoms with Gasteiger partial charge in [0.1, 0.15) is 17.3 Å². The van der Waals surface area contributed by atoms with Gasteiger partial charge < -0.3 is 16.0 Å². The second-order valence-corrected chi connectivity index (χ2v) is 7.98. The van der Waals surface area contributed by atoms with Crippen LogP contribution in [0.4, 0.5) is 22.1 Å². The highest BCUT2D eigenvalue weighted by atomic mass is 32.2. The fraction of sp³-hybridized carbons (Fsp3) is 0.200. The van der Waals surface area contributed by atoms with E-state index in [-0.39, 0.29) is 5.70 Å². The Bertz CT molecular complexity index is 1200. The van der Waals surface area contributed by atoms with E-state index in [1.165, 1.54) is 0 Å². The molecule has 2 aliphatic rings. The van der Waals surface area contributed by atoms with Crippen LogP contribution >= 0.6 is 11.8 Å². The van der Waals surface area contributed by atoms with Crippen molar-refractivity contribution >= 4 is 52.7 Å². The van der Waals surface area contributed by atoms with Crippen molar-refractivity contribution in [3.63, 3.8) is 0 Å². The summed E-state index contributed by atoms with van der Waals surface area (Å²) in [4.78, 5) is 29.2. The molecule has 0 atom stereocenters. The topological polar surface area (TPSA) is 112 Å². The molecule has 0 radical (unpaired) electrons. The summed E-state index contributed by atoms with van der Waals surface area (Å²) in [6.07, 6.45) is 7.47. The minimum atomic E-state index is -0.539. The number of amides is 3. The molecule has 0 bridgehead atoms. The van der Waals surface area contributed by atoms with Crippen LogP contribution in [0.3, 0.4) is 0 Å². The molecule has 10 heteroatoms. The largest absolute Gasteiger partial charge is 0.367 e. The number of rotatable bonds is 6. The number of hydrogen-bond acceptors (Lipinski definition) is 7. The van der Waals surface area contributed by atoms with E-state index < -0.39 is 11.9 Å². The fourth-order valence-corrected chi connectivity index (χ4v) is 3.63. The van der Waals surface area contributed by atoms with Crippen LogP contribution in [0.5, 0.6) is 0 Å². The Morgan fingerprint density at radius 2 is 2.10 bits per heavy atom. The summed E-state index contributed by atoms with van der Waals surface area (Å²) >= 11 is 1.67. The monoisotopic (exact) mass is 421 g/mol. The maximum atomic E-state index is 11.9. The molecule has 3 amide bonds. The summed E-state index contributed by atoms with van der Waals surface area (Å²) in [5.41, 5.74) is 2.30. The van der Waals surface area contributed by atoms with Crippen LogP contribution in [0.2, 0.25) is 0 Å². The molecule has 2 fully saturated rings. The van der Waals surface area contributed by atoms with Gasteiger partial charge in [0.25, 0.3) is 5.91 Å². The van der Waals surface area contributed by atoms with Gasteiger partial charge in [0.2, 0.25) is 0 Å². The molecule has 0 spiro atoms. The van der Waals surface area contributed by atoms with Gasteiger partial charge in [-0.3, -0.25) is 10.1 Å². The third-order valence-electron chi connectivity index (χ3n) is 4.79. The first-order valence-corrected chi connectivity index (χ1v) is 10.7. The van der Waals surface area contributed by atoms with Gasteiger partial charge >= 0.3 is 6.03 Å². The number of nitrogens with zero attached hydrogens (tertiary/aromatic N) is 3. The van der Waals surface area contributed by atoms with Gasteiger partial charge in [-0.2, -0.15) is 9.61 Å². The van der Waals surface area contributed by atoms with Crippen LogP contribution in [0.1, 0.15) is 18.4 Å². The highest BCUT2D eigenvalue weighted by Crippen LogP contribution is 2.29. The van der Waals surface area contributed by atoms with E-state index in [2.05, 4.69) is 38.5 Å². The van der Waals surface area contributed by atoms with Gasteiger partial charge in [0, 0.05) is 28.3 Å². The average molecular weight is 421 g/mol. The summed E-state index contributed by atoms with van der Waals surface area (Å²) in [7, 11) is 0. The van der Waals surface area contributed by atoms with Gasteiger partial charge in [-0.15, -0.1) is 11.8 Å². The summed E-state index contributed by atoms with van der Waals surface area (Å²) in [5.74, 6) is 0.999. The first-order chi connectivity index (χ1) is 14.6. The van der Waals surface area contributed by atoms with Crippen molar-refractivity contribution in [2.75, 3.05) is 16.9 Å². The molecule has 1 saturated carbocycles. The molecule has 1 aromatic carbocycles. The Balaban J connectivity index is 1.56. The summed E-state index contributed by atoms with van der Waals surface area (Å²) < 4.78 is 1.71. The fourth-order valence-electron chi connectivity index (χ4n) is 3.17. The van der Waals surface area contributed by atoms with Crippen LogP contribution in [0, 0.1) is 0 Å². The second kappa shape index (κ2) is 7.38. The first-order valence-electron chi connectivity index (χ1n) is 9.49. The van der Waals surface area contributed by atoms with E-state index in [9.17, 15) is 9.59 Å². The molecule has 9 nitrogen and oxygen atoms in total. The normalized spacial score (nSPS) is 17.3. The zero-order valence-corrected chi connectivity index (χ0v) is 16.9. The number of thioether (sulfide) groups is 1. The van der Waals surface area contributed by atoms with E-state index >= 15 is 0 Å². The Kier molecular flexibility index (Phi) is 4.55. The van der Waals surface area contributed by atoms with E-state index in [0.29, 0.717) is 23.1 Å². The maximum absolute atomic E-state index is 11.9. The third kappa shape index (κ3) is 3.69. The molecule has 30 heavy (non-hydrogen) atoms. The molecule has 2 aromatic heterocycles. The highest BCUT2D eigenvalue weighted by molar-refractivity contribution is 7.98. The molecular formula is C20H19N7O2S. The van der Waals surface area contributed by atoms with Crippen LogP contribution in [-0.2, 0) is 4.79 Å². The Labute approximate surface area is 176 Å². The van der Waals surface area contributed by atoms with Gasteiger partial charge in [-0.25, -0.2) is 9.78 Å². The van der Waals surface area contributed by atoms with Gasteiger partial charge in [0.15, 0.2) is 5.65 Å². The van der Waals surface area contributed by atoms with Crippen LogP contribution in [-0.4, -0.2) is 38.8 Å². The Hall–Kier alpha value is -3.53. The third-order valence-corrected chi connectivity index (χ3v) is 5.52. The number of anilines is 3. The van der Waals surface area contributed by atoms with Crippen LogP contribution in [0.25, 0.3) is 11.7 Å². The lowest BCUT2D eigenvalue weighted by atomic mass is 10.2. The van der Waals surface area contributed by atoms with Crippen molar-refractivity contribution in [1.82, 2.24) is 25.2 Å². The van der Waals surface area contributed by atoms with E-state index in [1.54, 1.807) is 28.6 Å². The van der Waals surface area contributed by atoms with Crippen molar-refractivity contribution in [1.29, 1.82) is 0 Å². The first kappa shape index (κ1) is 18.5. The molecular weight excluding hydrogens is 402 g/mol. The summed E-state index contributed by atoms with van der Waals surface area (Å²) in [6.45, 7) is 0. The number of carbonyl (C=O) groups is 2. The number of nitrogens with one attached hydrogen (secondary N) is 4. The summed E-state index contributed by atoms with van der Waals surface area (Å²) in [6, 6.07) is 9.89. The zero-order chi connectivity index (χ0) is 20.7. The number of hydrogen-bond donors (Lipinski definition) is 4. The molecule has 5 rings (SSSR count). The van der Waals surface area contributed by atoms with Crippen LogP contribution < -0.4 is 21.3 Å². The molecule has 1 aliphatic heterocycles. The predicted octanol–water partition coefficient (Wildman–Crippen LogP) is 2.95. The van der Waals surface area contributed by atoms with E-state index in [0.717, 1.165) is 29.2 Å². The Morgan fingerprint density at radius 3 is 2.83 bits per heavy atom. The average Bonchev–Trinajstić information content (AvgIpc) is 3.37. The quantitative estimate of drug-likeness (QED) is 0.275. The Morgan fingerprint density at radius 1 is 1.23 bits per heavy atom. The number of carbonyl (C=O) groups excluding carboxylic acids is 2. The van der Waals surface area contributed by atoms with E-state index in [1.807, 2.05) is 24.5 Å². The number of imide groups is 1. The van der Waals surface area contributed by atoms with Crippen molar-refractivity contribution in [2.45, 2.75) is 23.8 Å². The van der Waals surface area contributed by atoms with Gasteiger partial charge in [0.05, 0.1) is 6.20 Å². The predicted molar refractivity (Wildman–Crippen MR) is 116 cm³/mol. The number of benzene rings is 1. The van der Waals surface area contributed by atoms with Crippen molar-refractivity contribution < 1.29 is 9.59 Å². The van der Waals surface area contributed by atoms with E-state index in [4.69, 9.17) is 4.98 Å². The van der Waals surface area contributed by atoms with Crippen molar-refractivity contribution in [3.05, 3.63) is 47.8 Å². The molecule has 4 N–H and O–H groups in total. The van der Waals surface area contributed by atoms with Crippen molar-refractivity contribution in [3.8, 4) is 0 Å². The highest BCUT2D eigenvalue weighted by Gasteiger charge is 2.25. The molecule has 3 heterocycles. The summed E-state index contributed by atoms with van der Waals surface area (Å²) in [5, 5.41) is 16.0. The van der Waals surface area contributed by atoms with Crippen molar-refractivity contribution in [2.24, 2.45) is 0 Å². The lowest BCUT2D eigenvalue weighted by molar-refractivity contribution is -0.115. The maximum Gasteiger partial charge on any atom is 0.326 e. The number of urea groups is 1. The SMILES string of the molecule is CSc1cccc(Nc2cc(NC3CC3)n3ncc(/C=C4\NC(=O)NC4=O)c3n2)c1. The van der Waals surface area contributed by atoms with Gasteiger partial charge in [-0.05, 0) is 43.4 Å². The number of fused-ring (bicyclic) bond motifs is 1. The minimum Gasteiger partial charge on any atom is -0.367 e. The molecule has 1 aliphatic carbocycles.